The summed E-state index contributed by atoms with van der Waals surface area (Å²) in [6.45, 7) is 4.46. The molecular formula is C22H24N4O3. The summed E-state index contributed by atoms with van der Waals surface area (Å²) in [5.74, 6) is 0.0928. The van der Waals surface area contributed by atoms with Crippen molar-refractivity contribution in [2.24, 2.45) is 0 Å². The second kappa shape index (κ2) is 9.16. The summed E-state index contributed by atoms with van der Waals surface area (Å²) < 4.78 is 4.95. The van der Waals surface area contributed by atoms with Crippen molar-refractivity contribution in [1.82, 2.24) is 15.3 Å². The van der Waals surface area contributed by atoms with Crippen molar-refractivity contribution >= 4 is 17.5 Å². The Hall–Kier alpha value is -3.45. The number of methoxy groups -OCH3 is 1. The third-order valence-corrected chi connectivity index (χ3v) is 4.57. The molecular weight excluding hydrogens is 368 g/mol. The Labute approximate surface area is 169 Å². The molecule has 2 aromatic carbocycles. The van der Waals surface area contributed by atoms with Gasteiger partial charge in [-0.05, 0) is 31.5 Å². The summed E-state index contributed by atoms with van der Waals surface area (Å²) in [5.41, 5.74) is 3.65. The van der Waals surface area contributed by atoms with E-state index in [1.165, 1.54) is 0 Å². The molecule has 0 radical (unpaired) electrons. The molecule has 0 unspecified atom stereocenters. The van der Waals surface area contributed by atoms with Gasteiger partial charge >= 0.3 is 0 Å². The summed E-state index contributed by atoms with van der Waals surface area (Å²) in [5, 5.41) is 5.66. The average Bonchev–Trinajstić information content (AvgIpc) is 3.12. The molecule has 0 fully saturated rings. The van der Waals surface area contributed by atoms with E-state index in [2.05, 4.69) is 20.6 Å². The number of aromatic nitrogens is 2. The first-order valence-electron chi connectivity index (χ1n) is 9.31. The molecule has 7 heteroatoms. The van der Waals surface area contributed by atoms with Crippen LogP contribution in [0.4, 0.5) is 5.69 Å². The molecule has 2 amide bonds. The molecule has 1 heterocycles. The molecule has 1 aromatic heterocycles. The number of hydrogen-bond donors (Lipinski definition) is 3. The van der Waals surface area contributed by atoms with Gasteiger partial charge in [-0.3, -0.25) is 9.59 Å². The number of carbonyl (C=O) groups is 2. The van der Waals surface area contributed by atoms with Crippen LogP contribution in [-0.4, -0.2) is 42.0 Å². The third kappa shape index (κ3) is 4.70. The van der Waals surface area contributed by atoms with E-state index in [9.17, 15) is 9.59 Å². The first-order chi connectivity index (χ1) is 14.0. The average molecular weight is 392 g/mol. The normalized spacial score (nSPS) is 10.6. The van der Waals surface area contributed by atoms with Crippen molar-refractivity contribution < 1.29 is 14.3 Å². The topological polar surface area (TPSA) is 96.1 Å². The van der Waals surface area contributed by atoms with E-state index in [1.807, 2.05) is 30.3 Å². The van der Waals surface area contributed by atoms with E-state index in [0.29, 0.717) is 47.2 Å². The molecule has 29 heavy (non-hydrogen) atoms. The van der Waals surface area contributed by atoms with Crippen LogP contribution >= 0.6 is 0 Å². The first-order valence-corrected chi connectivity index (χ1v) is 9.31. The standard InChI is InChI=1S/C22H24N4O3/c1-14-17(21(27)23-12-13-29-3)10-7-11-18(14)25-22(28)19-15(2)24-20(26-19)16-8-5-4-6-9-16/h4-11H,12-13H2,1-3H3,(H,23,27)(H,24,26)(H,25,28). The number of carbonyl (C=O) groups excluding carboxylic acids is 2. The van der Waals surface area contributed by atoms with Gasteiger partial charge in [-0.15, -0.1) is 0 Å². The van der Waals surface area contributed by atoms with Gasteiger partial charge in [0.15, 0.2) is 0 Å². The van der Waals surface area contributed by atoms with Crippen molar-refractivity contribution in [1.29, 1.82) is 0 Å². The second-order valence-electron chi connectivity index (χ2n) is 6.61. The van der Waals surface area contributed by atoms with Gasteiger partial charge in [0.1, 0.15) is 11.5 Å². The Balaban J connectivity index is 1.78. The zero-order valence-electron chi connectivity index (χ0n) is 16.7. The number of H-pyrrole nitrogens is 1. The minimum atomic E-state index is -0.332. The van der Waals surface area contributed by atoms with Gasteiger partial charge in [0.2, 0.25) is 0 Å². The van der Waals surface area contributed by atoms with Gasteiger partial charge in [-0.2, -0.15) is 0 Å². The Kier molecular flexibility index (Phi) is 6.41. The van der Waals surface area contributed by atoms with Crippen LogP contribution in [-0.2, 0) is 4.74 Å². The predicted octanol–water partition coefficient (Wildman–Crippen LogP) is 3.32. The van der Waals surface area contributed by atoms with E-state index in [1.54, 1.807) is 39.2 Å². The van der Waals surface area contributed by atoms with Crippen molar-refractivity contribution in [3.05, 3.63) is 71.0 Å². The van der Waals surface area contributed by atoms with E-state index in [0.717, 1.165) is 5.56 Å². The third-order valence-electron chi connectivity index (χ3n) is 4.57. The van der Waals surface area contributed by atoms with Crippen LogP contribution in [0.1, 0.15) is 32.1 Å². The molecule has 0 spiro atoms. The summed E-state index contributed by atoms with van der Waals surface area (Å²) >= 11 is 0. The lowest BCUT2D eigenvalue weighted by Crippen LogP contribution is -2.27. The molecule has 7 nitrogen and oxygen atoms in total. The minimum absolute atomic E-state index is 0.210. The van der Waals surface area contributed by atoms with E-state index < -0.39 is 0 Å². The van der Waals surface area contributed by atoms with E-state index in [-0.39, 0.29) is 11.8 Å². The number of ether oxygens (including phenoxy) is 1. The fourth-order valence-corrected chi connectivity index (χ4v) is 2.97. The molecule has 3 N–H and O–H groups in total. The lowest BCUT2D eigenvalue weighted by atomic mass is 10.1. The van der Waals surface area contributed by atoms with Crippen LogP contribution in [0, 0.1) is 13.8 Å². The molecule has 0 saturated heterocycles. The molecule has 0 saturated carbocycles. The number of hydrogen-bond acceptors (Lipinski definition) is 4. The lowest BCUT2D eigenvalue weighted by Gasteiger charge is -2.12. The van der Waals surface area contributed by atoms with Gasteiger partial charge in [0, 0.05) is 36.2 Å². The van der Waals surface area contributed by atoms with Crippen LogP contribution in [0.2, 0.25) is 0 Å². The van der Waals surface area contributed by atoms with Crippen LogP contribution in [0.25, 0.3) is 11.4 Å². The van der Waals surface area contributed by atoms with Gasteiger partial charge in [-0.1, -0.05) is 36.4 Å². The largest absolute Gasteiger partial charge is 0.383 e. The molecule has 0 aliphatic heterocycles. The summed E-state index contributed by atoms with van der Waals surface area (Å²) in [6, 6.07) is 14.8. The SMILES string of the molecule is COCCNC(=O)c1cccc(NC(=O)c2nc(-c3ccccc3)[nH]c2C)c1C. The van der Waals surface area contributed by atoms with E-state index in [4.69, 9.17) is 4.74 Å². The van der Waals surface area contributed by atoms with Gasteiger partial charge < -0.3 is 20.4 Å². The Morgan fingerprint density at radius 3 is 2.52 bits per heavy atom. The molecule has 3 rings (SSSR count). The minimum Gasteiger partial charge on any atom is -0.383 e. The zero-order valence-corrected chi connectivity index (χ0v) is 16.7. The number of amides is 2. The first kappa shape index (κ1) is 20.3. The summed E-state index contributed by atoms with van der Waals surface area (Å²) in [4.78, 5) is 32.8. The van der Waals surface area contributed by atoms with Crippen LogP contribution < -0.4 is 10.6 Å². The zero-order chi connectivity index (χ0) is 20.8. The summed E-state index contributed by atoms with van der Waals surface area (Å²) in [6.07, 6.45) is 0. The quantitative estimate of drug-likeness (QED) is 0.538. The Morgan fingerprint density at radius 1 is 1.03 bits per heavy atom. The Bertz CT molecular complexity index is 1010. The number of anilines is 1. The predicted molar refractivity (Wildman–Crippen MR) is 112 cm³/mol. The Morgan fingerprint density at radius 2 is 1.79 bits per heavy atom. The highest BCUT2D eigenvalue weighted by Gasteiger charge is 2.18. The maximum absolute atomic E-state index is 12.8. The van der Waals surface area contributed by atoms with Crippen LogP contribution in [0.5, 0.6) is 0 Å². The maximum Gasteiger partial charge on any atom is 0.276 e. The number of nitrogens with one attached hydrogen (secondary N) is 3. The van der Waals surface area contributed by atoms with Gasteiger partial charge in [-0.25, -0.2) is 4.98 Å². The molecule has 3 aromatic rings. The van der Waals surface area contributed by atoms with Crippen LogP contribution in [0.15, 0.2) is 48.5 Å². The highest BCUT2D eigenvalue weighted by molar-refractivity contribution is 6.05. The molecule has 150 valence electrons. The number of rotatable bonds is 7. The molecule has 0 bridgehead atoms. The number of benzene rings is 2. The van der Waals surface area contributed by atoms with Crippen molar-refractivity contribution in [2.45, 2.75) is 13.8 Å². The van der Waals surface area contributed by atoms with Crippen molar-refractivity contribution in [3.8, 4) is 11.4 Å². The van der Waals surface area contributed by atoms with Crippen LogP contribution in [0.3, 0.4) is 0 Å². The highest BCUT2D eigenvalue weighted by Crippen LogP contribution is 2.22. The molecule has 0 aliphatic carbocycles. The smallest absolute Gasteiger partial charge is 0.276 e. The number of aromatic amines is 1. The van der Waals surface area contributed by atoms with Gasteiger partial charge in [0.05, 0.1) is 6.61 Å². The van der Waals surface area contributed by atoms with Crippen molar-refractivity contribution in [2.75, 3.05) is 25.6 Å². The van der Waals surface area contributed by atoms with Crippen molar-refractivity contribution in [3.63, 3.8) is 0 Å². The highest BCUT2D eigenvalue weighted by atomic mass is 16.5. The number of aryl methyl sites for hydroxylation is 1. The second-order valence-corrected chi connectivity index (χ2v) is 6.61. The monoisotopic (exact) mass is 392 g/mol. The van der Waals surface area contributed by atoms with E-state index >= 15 is 0 Å². The fraction of sp³-hybridized carbons (Fsp3) is 0.227. The maximum atomic E-state index is 12.8. The molecule has 0 aliphatic rings. The van der Waals surface area contributed by atoms with Gasteiger partial charge in [0.25, 0.3) is 11.8 Å². The number of nitrogens with zero attached hydrogens (tertiary/aromatic N) is 1. The lowest BCUT2D eigenvalue weighted by molar-refractivity contribution is 0.0935. The fourth-order valence-electron chi connectivity index (χ4n) is 2.97. The summed E-state index contributed by atoms with van der Waals surface area (Å²) in [7, 11) is 1.58. The molecule has 0 atom stereocenters. The number of imidazole rings is 1.